The van der Waals surface area contributed by atoms with E-state index in [1.165, 1.54) is 12.0 Å². The van der Waals surface area contributed by atoms with E-state index in [-0.39, 0.29) is 24.5 Å². The summed E-state index contributed by atoms with van der Waals surface area (Å²) in [6.07, 6.45) is 0.849. The predicted molar refractivity (Wildman–Crippen MR) is 93.4 cm³/mol. The minimum absolute atomic E-state index is 0.0495. The van der Waals surface area contributed by atoms with Crippen LogP contribution in [0.5, 0.6) is 0 Å². The molecule has 8 heteroatoms. The number of nitrogens with zero attached hydrogens (tertiary/aromatic N) is 1. The molecule has 4 atom stereocenters. The standard InChI is InChI=1S/C18H30N2O6/c1-7-11-9-18(11,15(22)25-6)19-14(21)13-8-12(24-5)10-20(13)16(23)26-17(2,3)4/h11-13H,7-10H2,1-6H3,(H,19,21)/t11-,12-,13+,18-/m1/s1. The lowest BCUT2D eigenvalue weighted by Crippen LogP contribution is -2.53. The summed E-state index contributed by atoms with van der Waals surface area (Å²) in [5, 5.41) is 2.83. The summed E-state index contributed by atoms with van der Waals surface area (Å²) in [5.41, 5.74) is -1.65. The first kappa shape index (κ1) is 20.5. The summed E-state index contributed by atoms with van der Waals surface area (Å²) in [4.78, 5) is 39.0. The smallest absolute Gasteiger partial charge is 0.411 e. The number of carbonyl (C=O) groups is 3. The second-order valence-corrected chi connectivity index (χ2v) is 8.00. The third-order valence-electron chi connectivity index (χ3n) is 5.02. The van der Waals surface area contributed by atoms with Crippen molar-refractivity contribution in [2.45, 2.75) is 70.2 Å². The highest BCUT2D eigenvalue weighted by Crippen LogP contribution is 2.47. The van der Waals surface area contributed by atoms with Crippen molar-refractivity contribution in [1.82, 2.24) is 10.2 Å². The number of hydrogen-bond donors (Lipinski definition) is 1. The highest BCUT2D eigenvalue weighted by Gasteiger charge is 2.62. The number of methoxy groups -OCH3 is 2. The normalized spacial score (nSPS) is 30.7. The quantitative estimate of drug-likeness (QED) is 0.737. The van der Waals surface area contributed by atoms with Gasteiger partial charge in [0.25, 0.3) is 0 Å². The van der Waals surface area contributed by atoms with Crippen LogP contribution in [0.25, 0.3) is 0 Å². The van der Waals surface area contributed by atoms with Crippen molar-refractivity contribution >= 4 is 18.0 Å². The molecule has 0 spiro atoms. The molecular formula is C18H30N2O6. The molecule has 26 heavy (non-hydrogen) atoms. The van der Waals surface area contributed by atoms with E-state index in [1.807, 2.05) is 6.92 Å². The molecular weight excluding hydrogens is 340 g/mol. The number of carbonyl (C=O) groups excluding carboxylic acids is 3. The van der Waals surface area contributed by atoms with Crippen LogP contribution < -0.4 is 5.32 Å². The van der Waals surface area contributed by atoms with Gasteiger partial charge in [0.05, 0.1) is 19.8 Å². The Morgan fingerprint density at radius 1 is 1.23 bits per heavy atom. The highest BCUT2D eigenvalue weighted by atomic mass is 16.6. The van der Waals surface area contributed by atoms with E-state index in [0.717, 1.165) is 6.42 Å². The van der Waals surface area contributed by atoms with Crippen molar-refractivity contribution in [3.05, 3.63) is 0 Å². The zero-order chi connectivity index (χ0) is 19.7. The summed E-state index contributed by atoms with van der Waals surface area (Å²) in [6, 6.07) is -0.741. The largest absolute Gasteiger partial charge is 0.467 e. The van der Waals surface area contributed by atoms with Crippen molar-refractivity contribution in [3.8, 4) is 0 Å². The van der Waals surface area contributed by atoms with E-state index in [1.54, 1.807) is 27.9 Å². The maximum Gasteiger partial charge on any atom is 0.411 e. The summed E-state index contributed by atoms with van der Waals surface area (Å²) in [6.45, 7) is 7.54. The van der Waals surface area contributed by atoms with E-state index in [2.05, 4.69) is 5.32 Å². The van der Waals surface area contributed by atoms with Crippen molar-refractivity contribution in [1.29, 1.82) is 0 Å². The molecule has 0 radical (unpaired) electrons. The summed E-state index contributed by atoms with van der Waals surface area (Å²) in [5.74, 6) is -0.770. The van der Waals surface area contributed by atoms with E-state index >= 15 is 0 Å². The lowest BCUT2D eigenvalue weighted by molar-refractivity contribution is -0.147. The van der Waals surface area contributed by atoms with Crippen LogP contribution in [0.2, 0.25) is 0 Å². The van der Waals surface area contributed by atoms with Crippen LogP contribution in [-0.2, 0) is 23.8 Å². The van der Waals surface area contributed by atoms with Gasteiger partial charge in [0, 0.05) is 13.5 Å². The third kappa shape index (κ3) is 4.11. The Bertz CT molecular complexity index is 573. The molecule has 8 nitrogen and oxygen atoms in total. The molecule has 148 valence electrons. The van der Waals surface area contributed by atoms with E-state index in [4.69, 9.17) is 14.2 Å². The molecule has 2 rings (SSSR count). The Hall–Kier alpha value is -1.83. The molecule has 1 saturated heterocycles. The fraction of sp³-hybridized carbons (Fsp3) is 0.833. The molecule has 1 saturated carbocycles. The lowest BCUT2D eigenvalue weighted by Gasteiger charge is -2.29. The van der Waals surface area contributed by atoms with Crippen LogP contribution in [0.3, 0.4) is 0 Å². The van der Waals surface area contributed by atoms with Crippen LogP contribution >= 0.6 is 0 Å². The minimum Gasteiger partial charge on any atom is -0.467 e. The maximum atomic E-state index is 12.9. The molecule has 0 aromatic heterocycles. The van der Waals surface area contributed by atoms with Gasteiger partial charge in [-0.3, -0.25) is 9.69 Å². The SMILES string of the molecule is CC[C@@H]1C[C@]1(NC(=O)[C@@H]1C[C@@H](OC)CN1C(=O)OC(C)(C)C)C(=O)OC. The van der Waals surface area contributed by atoms with Gasteiger partial charge in [-0.1, -0.05) is 13.3 Å². The first-order valence-corrected chi connectivity index (χ1v) is 9.00. The average Bonchev–Trinajstić information content (AvgIpc) is 3.09. The number of rotatable bonds is 5. The monoisotopic (exact) mass is 370 g/mol. The number of ether oxygens (including phenoxy) is 3. The van der Waals surface area contributed by atoms with Crippen LogP contribution in [0.15, 0.2) is 0 Å². The third-order valence-corrected chi connectivity index (χ3v) is 5.02. The van der Waals surface area contributed by atoms with Crippen LogP contribution in [-0.4, -0.2) is 66.9 Å². The lowest BCUT2D eigenvalue weighted by atomic mass is 10.1. The van der Waals surface area contributed by atoms with Gasteiger partial charge in [-0.25, -0.2) is 9.59 Å². The number of esters is 1. The van der Waals surface area contributed by atoms with Gasteiger partial charge in [0.15, 0.2) is 0 Å². The van der Waals surface area contributed by atoms with Gasteiger partial charge in [0.1, 0.15) is 17.2 Å². The topological polar surface area (TPSA) is 94.2 Å². The Morgan fingerprint density at radius 3 is 2.35 bits per heavy atom. The summed E-state index contributed by atoms with van der Waals surface area (Å²) < 4.78 is 15.6. The maximum absolute atomic E-state index is 12.9. The first-order valence-electron chi connectivity index (χ1n) is 9.00. The van der Waals surface area contributed by atoms with Crippen molar-refractivity contribution in [2.24, 2.45) is 5.92 Å². The van der Waals surface area contributed by atoms with Crippen LogP contribution in [0, 0.1) is 5.92 Å². The number of hydrogen-bond acceptors (Lipinski definition) is 6. The van der Waals surface area contributed by atoms with Crippen molar-refractivity contribution in [3.63, 3.8) is 0 Å². The van der Waals surface area contributed by atoms with E-state index < -0.39 is 29.2 Å². The molecule has 2 fully saturated rings. The van der Waals surface area contributed by atoms with Gasteiger partial charge in [-0.05, 0) is 33.1 Å². The molecule has 1 aliphatic heterocycles. The van der Waals surface area contributed by atoms with Crippen molar-refractivity contribution < 1.29 is 28.6 Å². The zero-order valence-electron chi connectivity index (χ0n) is 16.5. The highest BCUT2D eigenvalue weighted by molar-refractivity contribution is 5.94. The molecule has 1 aliphatic carbocycles. The second kappa shape index (κ2) is 7.42. The molecule has 2 aliphatic rings. The fourth-order valence-electron chi connectivity index (χ4n) is 3.50. The molecule has 2 amide bonds. The zero-order valence-corrected chi connectivity index (χ0v) is 16.5. The number of likely N-dealkylation sites (tertiary alicyclic amines) is 1. The fourth-order valence-corrected chi connectivity index (χ4v) is 3.50. The first-order chi connectivity index (χ1) is 12.1. The molecule has 1 heterocycles. The molecule has 0 bridgehead atoms. The van der Waals surface area contributed by atoms with E-state index in [0.29, 0.717) is 12.8 Å². The van der Waals surface area contributed by atoms with Gasteiger partial charge in [-0.2, -0.15) is 0 Å². The Labute approximate surface area is 154 Å². The second-order valence-electron chi connectivity index (χ2n) is 8.00. The van der Waals surface area contributed by atoms with Gasteiger partial charge >= 0.3 is 12.1 Å². The molecule has 0 aromatic carbocycles. The van der Waals surface area contributed by atoms with Crippen LogP contribution in [0.4, 0.5) is 4.79 Å². The summed E-state index contributed by atoms with van der Waals surface area (Å²) >= 11 is 0. The minimum atomic E-state index is -0.981. The van der Waals surface area contributed by atoms with Crippen molar-refractivity contribution in [2.75, 3.05) is 20.8 Å². The Morgan fingerprint density at radius 2 is 1.88 bits per heavy atom. The molecule has 0 unspecified atom stereocenters. The van der Waals surface area contributed by atoms with Crippen LogP contribution in [0.1, 0.15) is 47.0 Å². The molecule has 0 aromatic rings. The van der Waals surface area contributed by atoms with Gasteiger partial charge in [0.2, 0.25) is 5.91 Å². The van der Waals surface area contributed by atoms with Gasteiger partial charge in [-0.15, -0.1) is 0 Å². The molecule has 1 N–H and O–H groups in total. The average molecular weight is 370 g/mol. The van der Waals surface area contributed by atoms with E-state index in [9.17, 15) is 14.4 Å². The van der Waals surface area contributed by atoms with Gasteiger partial charge < -0.3 is 19.5 Å². The summed E-state index contributed by atoms with van der Waals surface area (Å²) in [7, 11) is 2.85. The predicted octanol–water partition coefficient (Wildman–Crippen LogP) is 1.47. The number of nitrogens with one attached hydrogen (secondary N) is 1. The Balaban J connectivity index is 2.14. The Kier molecular flexibility index (Phi) is 5.85. The number of amides is 2.